The average Bonchev–Trinajstić information content (AvgIpc) is 3.01. The van der Waals surface area contributed by atoms with Gasteiger partial charge in [0.1, 0.15) is 5.82 Å². The molecule has 0 saturated heterocycles. The largest absolute Gasteiger partial charge is 0.338 e. The summed E-state index contributed by atoms with van der Waals surface area (Å²) in [6.45, 7) is 10.4. The molecule has 124 valence electrons. The minimum Gasteiger partial charge on any atom is -0.338 e. The fourth-order valence-corrected chi connectivity index (χ4v) is 1.69. The van der Waals surface area contributed by atoms with E-state index in [0.29, 0.717) is 5.54 Å². The summed E-state index contributed by atoms with van der Waals surface area (Å²) in [7, 11) is 1.96. The molecule has 0 aliphatic rings. The molecule has 0 atom stereocenters. The molecule has 3 aromatic rings. The lowest BCUT2D eigenvalue weighted by Gasteiger charge is -2.15. The van der Waals surface area contributed by atoms with Gasteiger partial charge < -0.3 is 10.3 Å². The van der Waals surface area contributed by atoms with Crippen molar-refractivity contribution in [2.75, 3.05) is 7.05 Å². The van der Waals surface area contributed by atoms with Crippen molar-refractivity contribution < 1.29 is 0 Å². The first-order valence-corrected chi connectivity index (χ1v) is 8.19. The van der Waals surface area contributed by atoms with E-state index in [-0.39, 0.29) is 0 Å². The Kier molecular flexibility index (Phi) is 7.49. The van der Waals surface area contributed by atoms with Gasteiger partial charge in [-0.15, -0.1) is 0 Å². The van der Waals surface area contributed by atoms with Crippen LogP contribution in [0.1, 0.15) is 34.6 Å². The van der Waals surface area contributed by atoms with Crippen molar-refractivity contribution in [1.82, 2.24) is 15.3 Å². The molecule has 3 nitrogen and oxygen atoms in total. The Morgan fingerprint density at radius 1 is 0.870 bits per heavy atom. The van der Waals surface area contributed by atoms with Crippen molar-refractivity contribution in [3.63, 3.8) is 0 Å². The zero-order chi connectivity index (χ0) is 17.3. The lowest BCUT2D eigenvalue weighted by molar-refractivity contribution is 0.469. The maximum Gasteiger partial charge on any atom is 0.138 e. The molecule has 0 fully saturated rings. The summed E-state index contributed by atoms with van der Waals surface area (Å²) in [6.07, 6.45) is 0. The Morgan fingerprint density at radius 3 is 1.91 bits per heavy atom. The van der Waals surface area contributed by atoms with Crippen LogP contribution in [0.4, 0.5) is 0 Å². The number of hydrogen-bond donors (Lipinski definition) is 2. The molecule has 0 aliphatic heterocycles. The van der Waals surface area contributed by atoms with Crippen molar-refractivity contribution in [3.8, 4) is 11.4 Å². The van der Waals surface area contributed by atoms with Crippen LogP contribution < -0.4 is 5.32 Å². The van der Waals surface area contributed by atoms with Gasteiger partial charge in [-0.25, -0.2) is 4.98 Å². The van der Waals surface area contributed by atoms with Gasteiger partial charge in [-0.1, -0.05) is 56.3 Å². The first kappa shape index (κ1) is 18.9. The predicted octanol–water partition coefficient (Wildman–Crippen LogP) is 5.26. The molecule has 0 radical (unpaired) electrons. The Labute approximate surface area is 140 Å². The number of rotatable bonds is 1. The van der Waals surface area contributed by atoms with Crippen LogP contribution >= 0.6 is 0 Å². The number of benzene rings is 2. The summed E-state index contributed by atoms with van der Waals surface area (Å²) >= 11 is 0. The molecule has 0 spiro atoms. The number of aromatic nitrogens is 2. The van der Waals surface area contributed by atoms with Gasteiger partial charge in [0.2, 0.25) is 0 Å². The summed E-state index contributed by atoms with van der Waals surface area (Å²) in [4.78, 5) is 7.83. The highest BCUT2D eigenvalue weighted by atomic mass is 14.9. The molecule has 0 bridgehead atoms. The number of imidazole rings is 1. The van der Waals surface area contributed by atoms with Gasteiger partial charge in [0, 0.05) is 11.1 Å². The third-order valence-corrected chi connectivity index (χ3v) is 3.19. The van der Waals surface area contributed by atoms with Gasteiger partial charge in [0.25, 0.3) is 0 Å². The Balaban J connectivity index is 0.000000284. The smallest absolute Gasteiger partial charge is 0.138 e. The highest BCUT2D eigenvalue weighted by Crippen LogP contribution is 2.19. The molecule has 3 heteroatoms. The van der Waals surface area contributed by atoms with Crippen molar-refractivity contribution in [2.24, 2.45) is 0 Å². The van der Waals surface area contributed by atoms with Gasteiger partial charge >= 0.3 is 0 Å². The second-order valence-corrected chi connectivity index (χ2v) is 5.97. The molecule has 3 rings (SSSR count). The molecule has 0 unspecified atom stereocenters. The Bertz CT molecular complexity index is 646. The molecule has 0 aliphatic carbocycles. The van der Waals surface area contributed by atoms with Gasteiger partial charge in [0.05, 0.1) is 11.0 Å². The van der Waals surface area contributed by atoms with E-state index in [1.54, 1.807) is 0 Å². The van der Waals surface area contributed by atoms with E-state index in [1.165, 1.54) is 0 Å². The third kappa shape index (κ3) is 6.25. The number of nitrogens with zero attached hydrogens (tertiary/aromatic N) is 1. The van der Waals surface area contributed by atoms with Crippen molar-refractivity contribution in [3.05, 3.63) is 54.6 Å². The highest BCUT2D eigenvalue weighted by Gasteiger charge is 2.03. The van der Waals surface area contributed by atoms with Crippen LogP contribution in [0.2, 0.25) is 0 Å². The maximum absolute atomic E-state index is 4.53. The first-order valence-electron chi connectivity index (χ1n) is 8.19. The lowest BCUT2D eigenvalue weighted by Crippen LogP contribution is -2.31. The monoisotopic (exact) mass is 311 g/mol. The van der Waals surface area contributed by atoms with Crippen LogP contribution in [-0.4, -0.2) is 22.6 Å². The van der Waals surface area contributed by atoms with E-state index in [4.69, 9.17) is 0 Å². The molecule has 2 N–H and O–H groups in total. The fraction of sp³-hybridized carbons (Fsp3) is 0.350. The number of hydrogen-bond acceptors (Lipinski definition) is 2. The molecule has 1 heterocycles. The number of nitrogens with one attached hydrogen (secondary N) is 2. The van der Waals surface area contributed by atoms with E-state index in [0.717, 1.165) is 22.4 Å². The first-order chi connectivity index (χ1) is 11.0. The average molecular weight is 311 g/mol. The van der Waals surface area contributed by atoms with Crippen molar-refractivity contribution in [1.29, 1.82) is 0 Å². The van der Waals surface area contributed by atoms with Crippen molar-refractivity contribution >= 4 is 11.0 Å². The van der Waals surface area contributed by atoms with E-state index in [2.05, 4.69) is 48.2 Å². The molecular weight excluding hydrogens is 282 g/mol. The molecule has 2 aromatic carbocycles. The minimum atomic E-state index is 0.292. The number of para-hydroxylation sites is 2. The summed E-state index contributed by atoms with van der Waals surface area (Å²) < 4.78 is 0. The summed E-state index contributed by atoms with van der Waals surface area (Å²) in [5.74, 6) is 0.928. The normalized spacial score (nSPS) is 10.3. The van der Waals surface area contributed by atoms with Gasteiger partial charge in [-0.3, -0.25) is 0 Å². The van der Waals surface area contributed by atoms with E-state index < -0.39 is 0 Å². The molecule has 0 amide bonds. The number of fused-ring (bicyclic) bond motifs is 1. The zero-order valence-electron chi connectivity index (χ0n) is 15.1. The topological polar surface area (TPSA) is 40.7 Å². The van der Waals surface area contributed by atoms with Gasteiger partial charge in [-0.05, 0) is 40.0 Å². The van der Waals surface area contributed by atoms with Crippen LogP contribution in [-0.2, 0) is 0 Å². The van der Waals surface area contributed by atoms with Crippen LogP contribution in [0, 0.1) is 0 Å². The zero-order valence-corrected chi connectivity index (χ0v) is 15.1. The van der Waals surface area contributed by atoms with E-state index in [1.807, 2.05) is 63.4 Å². The van der Waals surface area contributed by atoms with Crippen LogP contribution in [0.25, 0.3) is 22.4 Å². The molecule has 23 heavy (non-hydrogen) atoms. The number of aromatic amines is 1. The summed E-state index contributed by atoms with van der Waals surface area (Å²) in [6, 6.07) is 18.2. The summed E-state index contributed by atoms with van der Waals surface area (Å²) in [5.41, 5.74) is 3.50. The fourth-order valence-electron chi connectivity index (χ4n) is 1.69. The molecular formula is C20H29N3. The second-order valence-electron chi connectivity index (χ2n) is 5.97. The van der Waals surface area contributed by atoms with E-state index in [9.17, 15) is 0 Å². The maximum atomic E-state index is 4.53. The second kappa shape index (κ2) is 9.11. The van der Waals surface area contributed by atoms with Crippen LogP contribution in [0.15, 0.2) is 54.6 Å². The number of H-pyrrole nitrogens is 1. The third-order valence-electron chi connectivity index (χ3n) is 3.19. The van der Waals surface area contributed by atoms with Crippen LogP contribution in [0.5, 0.6) is 0 Å². The SMILES string of the molecule is CC.CNC(C)(C)C.c1ccc(-c2nc3ccccc3[nH]2)cc1. The van der Waals surface area contributed by atoms with Crippen molar-refractivity contribution in [2.45, 2.75) is 40.2 Å². The van der Waals surface area contributed by atoms with E-state index >= 15 is 0 Å². The van der Waals surface area contributed by atoms with Crippen LogP contribution in [0.3, 0.4) is 0 Å². The predicted molar refractivity (Wildman–Crippen MR) is 102 cm³/mol. The highest BCUT2D eigenvalue weighted by molar-refractivity contribution is 5.79. The standard InChI is InChI=1S/C13H10N2.C5H13N.C2H6/c1-2-6-10(7-3-1)13-14-11-8-4-5-9-12(11)15-13;1-5(2,3)6-4;1-2/h1-9H,(H,14,15);6H,1-4H3;1-2H3. The lowest BCUT2D eigenvalue weighted by atomic mass is 10.1. The Morgan fingerprint density at radius 2 is 1.39 bits per heavy atom. The molecule has 0 saturated carbocycles. The van der Waals surface area contributed by atoms with Gasteiger partial charge in [-0.2, -0.15) is 0 Å². The molecule has 1 aromatic heterocycles. The van der Waals surface area contributed by atoms with Gasteiger partial charge in [0.15, 0.2) is 0 Å². The quantitative estimate of drug-likeness (QED) is 0.643. The Hall–Kier alpha value is -2.13. The summed E-state index contributed by atoms with van der Waals surface area (Å²) in [5, 5.41) is 3.10. The minimum absolute atomic E-state index is 0.292.